The lowest BCUT2D eigenvalue weighted by Crippen LogP contribution is -2.42. The summed E-state index contributed by atoms with van der Waals surface area (Å²) in [5.41, 5.74) is 0. The van der Waals surface area contributed by atoms with Gasteiger partial charge in [-0.05, 0) is 19.3 Å². The van der Waals surface area contributed by atoms with Gasteiger partial charge in [0, 0.05) is 6.54 Å². The zero-order valence-electron chi connectivity index (χ0n) is 11.4. The first-order chi connectivity index (χ1) is 8.67. The van der Waals surface area contributed by atoms with Crippen LogP contribution in [0.3, 0.4) is 0 Å². The van der Waals surface area contributed by atoms with E-state index in [1.165, 1.54) is 20.0 Å². The first-order valence-electron chi connectivity index (χ1n) is 6.78. The van der Waals surface area contributed by atoms with E-state index >= 15 is 0 Å². The minimum atomic E-state index is -0.579. The molecule has 0 spiro atoms. The van der Waals surface area contributed by atoms with Crippen LogP contribution in [0.2, 0.25) is 0 Å². The van der Waals surface area contributed by atoms with E-state index in [0.717, 1.165) is 12.8 Å². The van der Waals surface area contributed by atoms with E-state index in [1.807, 2.05) is 6.92 Å². The van der Waals surface area contributed by atoms with Gasteiger partial charge in [-0.2, -0.15) is 0 Å². The summed E-state index contributed by atoms with van der Waals surface area (Å²) >= 11 is 0. The third-order valence-corrected chi connectivity index (χ3v) is 3.32. The molecule has 1 rings (SSSR count). The van der Waals surface area contributed by atoms with Crippen molar-refractivity contribution in [2.75, 3.05) is 20.3 Å². The highest BCUT2D eigenvalue weighted by Gasteiger charge is 2.19. The molecule has 2 unspecified atom stereocenters. The van der Waals surface area contributed by atoms with E-state index in [2.05, 4.69) is 10.1 Å². The molecule has 0 heterocycles. The number of nitrogens with one attached hydrogen (secondary N) is 1. The van der Waals surface area contributed by atoms with Gasteiger partial charge in [0.05, 0.1) is 25.9 Å². The number of hydrogen-bond acceptors (Lipinski definition) is 5. The molecule has 0 aliphatic heterocycles. The minimum absolute atomic E-state index is 0.290. The number of hydrogen-bond donors (Lipinski definition) is 2. The largest absolute Gasteiger partial charge is 0.468 e. The maximum absolute atomic E-state index is 11.3. The number of methoxy groups -OCH3 is 1. The van der Waals surface area contributed by atoms with Crippen molar-refractivity contribution in [1.29, 1.82) is 0 Å². The fraction of sp³-hybridized carbons (Fsp3) is 0.923. The molecule has 0 bridgehead atoms. The molecule has 0 aromatic carbocycles. The van der Waals surface area contributed by atoms with E-state index in [0.29, 0.717) is 25.7 Å². The quantitative estimate of drug-likeness (QED) is 0.632. The number of esters is 1. The van der Waals surface area contributed by atoms with Crippen molar-refractivity contribution in [2.45, 2.75) is 57.3 Å². The van der Waals surface area contributed by atoms with Crippen molar-refractivity contribution in [3.63, 3.8) is 0 Å². The Balaban J connectivity index is 2.14. The lowest BCUT2D eigenvalue weighted by Gasteiger charge is -2.19. The normalized spacial score (nSPS) is 19.7. The van der Waals surface area contributed by atoms with Crippen LogP contribution >= 0.6 is 0 Å². The van der Waals surface area contributed by atoms with Gasteiger partial charge in [-0.1, -0.05) is 19.8 Å². The van der Waals surface area contributed by atoms with Crippen molar-refractivity contribution in [3.05, 3.63) is 0 Å². The Kier molecular flexibility index (Phi) is 7.23. The van der Waals surface area contributed by atoms with Gasteiger partial charge < -0.3 is 19.9 Å². The number of aliphatic hydroxyl groups is 1. The Morgan fingerprint density at radius 1 is 1.44 bits per heavy atom. The Morgan fingerprint density at radius 2 is 2.11 bits per heavy atom. The molecule has 0 aromatic rings. The van der Waals surface area contributed by atoms with Gasteiger partial charge in [-0.15, -0.1) is 0 Å². The summed E-state index contributed by atoms with van der Waals surface area (Å²) in [4.78, 5) is 11.3. The third kappa shape index (κ3) is 5.33. The fourth-order valence-corrected chi connectivity index (χ4v) is 2.18. The zero-order chi connectivity index (χ0) is 13.4. The monoisotopic (exact) mass is 259 g/mol. The third-order valence-electron chi connectivity index (χ3n) is 3.32. The number of aliphatic hydroxyl groups excluding tert-OH is 1. The van der Waals surface area contributed by atoms with Crippen LogP contribution in [0.4, 0.5) is 0 Å². The molecule has 5 heteroatoms. The first-order valence-corrected chi connectivity index (χ1v) is 6.78. The number of ether oxygens (including phenoxy) is 2. The molecule has 1 saturated carbocycles. The second-order valence-corrected chi connectivity index (χ2v) is 4.79. The second kappa shape index (κ2) is 8.45. The van der Waals surface area contributed by atoms with Gasteiger partial charge in [0.1, 0.15) is 6.04 Å². The highest BCUT2D eigenvalue weighted by atomic mass is 16.5. The van der Waals surface area contributed by atoms with Crippen molar-refractivity contribution >= 4 is 5.97 Å². The number of rotatable bonds is 8. The van der Waals surface area contributed by atoms with Crippen molar-refractivity contribution in [3.8, 4) is 0 Å². The number of carbonyl (C=O) groups is 1. The molecule has 18 heavy (non-hydrogen) atoms. The van der Waals surface area contributed by atoms with E-state index in [-0.39, 0.29) is 12.0 Å². The van der Waals surface area contributed by atoms with E-state index < -0.39 is 6.10 Å². The predicted octanol–water partition coefficient (Wildman–Crippen LogP) is 0.848. The molecule has 0 saturated heterocycles. The summed E-state index contributed by atoms with van der Waals surface area (Å²) in [7, 11) is 1.37. The van der Waals surface area contributed by atoms with Crippen LogP contribution in [-0.4, -0.2) is 49.6 Å². The summed E-state index contributed by atoms with van der Waals surface area (Å²) in [5, 5.41) is 12.8. The minimum Gasteiger partial charge on any atom is -0.468 e. The average Bonchev–Trinajstić information content (AvgIpc) is 2.89. The van der Waals surface area contributed by atoms with Crippen LogP contribution in [0, 0.1) is 0 Å². The van der Waals surface area contributed by atoms with Crippen molar-refractivity contribution < 1.29 is 19.4 Å². The van der Waals surface area contributed by atoms with E-state index in [4.69, 9.17) is 4.74 Å². The van der Waals surface area contributed by atoms with Crippen LogP contribution in [0.1, 0.15) is 39.0 Å². The summed E-state index contributed by atoms with van der Waals surface area (Å²) in [6.45, 7) is 2.57. The standard InChI is InChI=1S/C13H25NO4/c1-3-12(13(16)17-2)14-8-10(15)9-18-11-6-4-5-7-11/h10-12,14-15H,3-9H2,1-2H3. The van der Waals surface area contributed by atoms with E-state index in [9.17, 15) is 9.90 Å². The summed E-state index contributed by atoms with van der Waals surface area (Å²) in [5.74, 6) is -0.290. The average molecular weight is 259 g/mol. The van der Waals surface area contributed by atoms with Crippen molar-refractivity contribution in [1.82, 2.24) is 5.32 Å². The molecule has 0 radical (unpaired) electrons. The van der Waals surface area contributed by atoms with Gasteiger partial charge in [0.25, 0.3) is 0 Å². The second-order valence-electron chi connectivity index (χ2n) is 4.79. The van der Waals surface area contributed by atoms with Gasteiger partial charge in [0.15, 0.2) is 0 Å². The summed E-state index contributed by atoms with van der Waals surface area (Å²) < 4.78 is 10.3. The molecule has 106 valence electrons. The topological polar surface area (TPSA) is 67.8 Å². The first kappa shape index (κ1) is 15.4. The van der Waals surface area contributed by atoms with E-state index in [1.54, 1.807) is 0 Å². The van der Waals surface area contributed by atoms with Gasteiger partial charge in [0.2, 0.25) is 0 Å². The fourth-order valence-electron chi connectivity index (χ4n) is 2.18. The molecule has 1 fully saturated rings. The van der Waals surface area contributed by atoms with Gasteiger partial charge in [-0.25, -0.2) is 0 Å². The molecule has 2 atom stereocenters. The summed E-state index contributed by atoms with van der Waals surface area (Å²) in [6.07, 6.45) is 5.01. The molecule has 2 N–H and O–H groups in total. The Bertz CT molecular complexity index is 241. The summed E-state index contributed by atoms with van der Waals surface area (Å²) in [6, 6.07) is -0.351. The maximum atomic E-state index is 11.3. The zero-order valence-corrected chi connectivity index (χ0v) is 11.4. The van der Waals surface area contributed by atoms with Gasteiger partial charge in [-0.3, -0.25) is 4.79 Å². The SMILES string of the molecule is CCC(NCC(O)COC1CCCC1)C(=O)OC. The van der Waals surface area contributed by atoms with Gasteiger partial charge >= 0.3 is 5.97 Å². The molecule has 0 aromatic heterocycles. The number of carbonyl (C=O) groups excluding carboxylic acids is 1. The highest BCUT2D eigenvalue weighted by Crippen LogP contribution is 2.20. The predicted molar refractivity (Wildman–Crippen MR) is 68.3 cm³/mol. The molecular formula is C13H25NO4. The van der Waals surface area contributed by atoms with Crippen LogP contribution in [0.5, 0.6) is 0 Å². The lowest BCUT2D eigenvalue weighted by atomic mass is 10.2. The Morgan fingerprint density at radius 3 is 2.67 bits per heavy atom. The van der Waals surface area contributed by atoms with Crippen LogP contribution in [-0.2, 0) is 14.3 Å². The molecule has 5 nitrogen and oxygen atoms in total. The highest BCUT2D eigenvalue weighted by molar-refractivity contribution is 5.75. The Labute approximate surface area is 109 Å². The van der Waals surface area contributed by atoms with Crippen LogP contribution < -0.4 is 5.32 Å². The Hall–Kier alpha value is -0.650. The smallest absolute Gasteiger partial charge is 0.322 e. The molecule has 1 aliphatic carbocycles. The molecule has 1 aliphatic rings. The van der Waals surface area contributed by atoms with Crippen molar-refractivity contribution in [2.24, 2.45) is 0 Å². The maximum Gasteiger partial charge on any atom is 0.322 e. The van der Waals surface area contributed by atoms with Crippen LogP contribution in [0.25, 0.3) is 0 Å². The van der Waals surface area contributed by atoms with Crippen LogP contribution in [0.15, 0.2) is 0 Å². The molecular weight excluding hydrogens is 234 g/mol. The molecule has 0 amide bonds. The lowest BCUT2D eigenvalue weighted by molar-refractivity contribution is -0.143.